The van der Waals surface area contributed by atoms with E-state index in [2.05, 4.69) is 21.4 Å². The van der Waals surface area contributed by atoms with Crippen molar-refractivity contribution >= 4 is 22.7 Å². The highest BCUT2D eigenvalue weighted by Crippen LogP contribution is 2.47. The van der Waals surface area contributed by atoms with Crippen molar-refractivity contribution in [1.29, 1.82) is 5.26 Å². The van der Waals surface area contributed by atoms with Gasteiger partial charge in [-0.2, -0.15) is 5.26 Å². The van der Waals surface area contributed by atoms with Gasteiger partial charge >= 0.3 is 5.97 Å². The monoisotopic (exact) mass is 608 g/mol. The van der Waals surface area contributed by atoms with Crippen molar-refractivity contribution in [1.82, 2.24) is 9.97 Å². The van der Waals surface area contributed by atoms with Gasteiger partial charge < -0.3 is 20.1 Å². The van der Waals surface area contributed by atoms with E-state index in [0.29, 0.717) is 17.1 Å². The lowest BCUT2D eigenvalue weighted by Crippen LogP contribution is -2.51. The zero-order chi connectivity index (χ0) is 31.2. The van der Waals surface area contributed by atoms with Crippen LogP contribution < -0.4 is 10.1 Å². The minimum Gasteiger partial charge on any atom is -0.481 e. The molecule has 0 radical (unpaired) electrons. The number of aliphatic carboxylic acids is 1. The Morgan fingerprint density at radius 3 is 2.36 bits per heavy atom. The molecule has 3 aliphatic carbocycles. The Hall–Kier alpha value is -5.30. The summed E-state index contributed by atoms with van der Waals surface area (Å²) in [5.41, 5.74) is 0.345. The van der Waals surface area contributed by atoms with Gasteiger partial charge in [0.15, 0.2) is 11.6 Å². The van der Waals surface area contributed by atoms with Crippen molar-refractivity contribution in [2.24, 2.45) is 17.8 Å². The SMILES string of the molecule is N#Cc1c(-c2c[nH]c3c(F)cc(F)cc23)nc(NC2C3CCC(CC3)[C@H]2C(=O)O)c(F)c1-c1ccc(Oc2ccccc2)cc1. The van der Waals surface area contributed by atoms with E-state index in [1.807, 2.05) is 18.2 Å². The van der Waals surface area contributed by atoms with Crippen LogP contribution in [0.3, 0.4) is 0 Å². The number of fused-ring (bicyclic) bond motifs is 4. The van der Waals surface area contributed by atoms with Crippen molar-refractivity contribution in [2.75, 3.05) is 5.32 Å². The molecule has 1 unspecified atom stereocenters. The zero-order valence-electron chi connectivity index (χ0n) is 23.9. The largest absolute Gasteiger partial charge is 0.481 e. The number of H-pyrrole nitrogens is 1. The predicted molar refractivity (Wildman–Crippen MR) is 162 cm³/mol. The minimum atomic E-state index is -0.951. The molecule has 5 aromatic rings. The number of benzene rings is 3. The molecule has 8 rings (SSSR count). The number of aromatic amines is 1. The molecule has 2 bridgehead atoms. The number of carboxylic acids is 1. The number of carbonyl (C=O) groups is 1. The van der Waals surface area contributed by atoms with E-state index in [4.69, 9.17) is 4.74 Å². The van der Waals surface area contributed by atoms with Crippen LogP contribution in [0.15, 0.2) is 72.9 Å². The maximum Gasteiger partial charge on any atom is 0.308 e. The van der Waals surface area contributed by atoms with Crippen molar-refractivity contribution in [2.45, 2.75) is 31.7 Å². The molecular weight excluding hydrogens is 581 g/mol. The smallest absolute Gasteiger partial charge is 0.308 e. The highest BCUT2D eigenvalue weighted by molar-refractivity contribution is 5.98. The number of hydrogen-bond acceptors (Lipinski definition) is 5. The fraction of sp³-hybridized carbons (Fsp3) is 0.229. The average Bonchev–Trinajstić information content (AvgIpc) is 3.47. The maximum atomic E-state index is 16.7. The van der Waals surface area contributed by atoms with Gasteiger partial charge in [0.25, 0.3) is 0 Å². The lowest BCUT2D eigenvalue weighted by molar-refractivity contribution is -0.148. The molecule has 2 atom stereocenters. The first-order valence-electron chi connectivity index (χ1n) is 14.7. The van der Waals surface area contributed by atoms with Crippen LogP contribution in [0.5, 0.6) is 11.5 Å². The molecule has 3 N–H and O–H groups in total. The Balaban J connectivity index is 1.39. The molecule has 45 heavy (non-hydrogen) atoms. The van der Waals surface area contributed by atoms with Crippen molar-refractivity contribution < 1.29 is 27.8 Å². The van der Waals surface area contributed by atoms with Gasteiger partial charge in [-0.05, 0) is 73.4 Å². The standard InChI is InChI=1S/C35H27F3N4O3/c36-21-14-24-26(17-40-33(24)27(37)15-21)32-25(16-39)28(18-10-12-23(13-11-18)45-22-4-2-1-3-5-22)30(38)34(42-32)41-31-20-8-6-19(7-9-20)29(31)35(43)44/h1-5,10-15,17,19-20,29,31,40H,6-9H2,(H,41,42)(H,43,44)/t19?,20?,29-,31?/m1/s1. The Kier molecular flexibility index (Phi) is 7.16. The molecule has 3 aliphatic rings. The first-order chi connectivity index (χ1) is 21.8. The van der Waals surface area contributed by atoms with E-state index < -0.39 is 35.4 Å². The van der Waals surface area contributed by atoms with Gasteiger partial charge in [-0.15, -0.1) is 0 Å². The van der Waals surface area contributed by atoms with Gasteiger partial charge in [0.2, 0.25) is 0 Å². The molecule has 0 aliphatic heterocycles. The number of rotatable bonds is 7. The summed E-state index contributed by atoms with van der Waals surface area (Å²) in [5.74, 6) is -3.31. The summed E-state index contributed by atoms with van der Waals surface area (Å²) in [4.78, 5) is 19.7. The summed E-state index contributed by atoms with van der Waals surface area (Å²) >= 11 is 0. The van der Waals surface area contributed by atoms with Gasteiger partial charge in [-0.3, -0.25) is 4.79 Å². The number of nitrogens with zero attached hydrogens (tertiary/aromatic N) is 2. The number of nitrogens with one attached hydrogen (secondary N) is 2. The first kappa shape index (κ1) is 28.5. The fourth-order valence-electron chi connectivity index (χ4n) is 7.07. The number of aromatic nitrogens is 2. The maximum absolute atomic E-state index is 16.7. The summed E-state index contributed by atoms with van der Waals surface area (Å²) in [6.07, 6.45) is 4.62. The van der Waals surface area contributed by atoms with Gasteiger partial charge in [-0.1, -0.05) is 30.3 Å². The summed E-state index contributed by atoms with van der Waals surface area (Å²) < 4.78 is 51.6. The van der Waals surface area contributed by atoms with E-state index >= 15 is 4.39 Å². The van der Waals surface area contributed by atoms with E-state index in [9.17, 15) is 23.9 Å². The van der Waals surface area contributed by atoms with Gasteiger partial charge in [0.1, 0.15) is 29.2 Å². The Morgan fingerprint density at radius 2 is 1.67 bits per heavy atom. The molecule has 2 heterocycles. The summed E-state index contributed by atoms with van der Waals surface area (Å²) in [7, 11) is 0. The van der Waals surface area contributed by atoms with Crippen molar-refractivity contribution in [3.63, 3.8) is 0 Å². The topological polar surface area (TPSA) is 111 Å². The third-order valence-corrected chi connectivity index (χ3v) is 9.14. The summed E-state index contributed by atoms with van der Waals surface area (Å²) in [6, 6.07) is 19.0. The second-order valence-electron chi connectivity index (χ2n) is 11.6. The molecule has 2 aromatic heterocycles. The fourth-order valence-corrected chi connectivity index (χ4v) is 7.07. The second kappa shape index (κ2) is 11.3. The van der Waals surface area contributed by atoms with E-state index in [1.165, 1.54) is 6.20 Å². The number of halogens is 3. The van der Waals surface area contributed by atoms with E-state index in [0.717, 1.165) is 37.8 Å². The molecule has 3 aromatic carbocycles. The van der Waals surface area contributed by atoms with Gasteiger partial charge in [0, 0.05) is 34.8 Å². The number of ether oxygens (including phenoxy) is 1. The van der Waals surface area contributed by atoms with Crippen LogP contribution in [0.25, 0.3) is 33.3 Å². The van der Waals surface area contributed by atoms with Crippen LogP contribution >= 0.6 is 0 Å². The minimum absolute atomic E-state index is 0.00473. The number of nitriles is 1. The van der Waals surface area contributed by atoms with Crippen molar-refractivity contribution in [3.8, 4) is 40.0 Å². The zero-order valence-corrected chi connectivity index (χ0v) is 23.9. The normalized spacial score (nSPS) is 20.6. The number of pyridine rings is 1. The van der Waals surface area contributed by atoms with Crippen LogP contribution in [-0.2, 0) is 4.79 Å². The quantitative estimate of drug-likeness (QED) is 0.172. The summed E-state index contributed by atoms with van der Waals surface area (Å²) in [6.45, 7) is 0. The Labute approximate surface area is 256 Å². The third kappa shape index (κ3) is 5.04. The predicted octanol–water partition coefficient (Wildman–Crippen LogP) is 8.28. The Bertz CT molecular complexity index is 1960. The highest BCUT2D eigenvalue weighted by Gasteiger charge is 2.47. The molecule has 3 fully saturated rings. The molecular formula is C35H27F3N4O3. The molecule has 0 spiro atoms. The number of carboxylic acid groups (broad SMARTS) is 1. The van der Waals surface area contributed by atoms with Gasteiger partial charge in [0.05, 0.1) is 22.7 Å². The molecule has 7 nitrogen and oxygen atoms in total. The van der Waals surface area contributed by atoms with Crippen LogP contribution in [-0.4, -0.2) is 27.1 Å². The first-order valence-corrected chi connectivity index (χ1v) is 14.7. The van der Waals surface area contributed by atoms with Crippen LogP contribution in [0.2, 0.25) is 0 Å². The second-order valence-corrected chi connectivity index (χ2v) is 11.6. The molecule has 3 saturated carbocycles. The number of hydrogen-bond donors (Lipinski definition) is 3. The molecule has 0 amide bonds. The van der Waals surface area contributed by atoms with Crippen LogP contribution in [0.1, 0.15) is 31.2 Å². The van der Waals surface area contributed by atoms with Gasteiger partial charge in [-0.25, -0.2) is 18.2 Å². The third-order valence-electron chi connectivity index (χ3n) is 9.14. The molecule has 0 saturated heterocycles. The lowest BCUT2D eigenvalue weighted by atomic mass is 9.61. The summed E-state index contributed by atoms with van der Waals surface area (Å²) in [5, 5.41) is 23.8. The average molecular weight is 609 g/mol. The number of anilines is 1. The van der Waals surface area contributed by atoms with E-state index in [1.54, 1.807) is 36.4 Å². The highest BCUT2D eigenvalue weighted by atomic mass is 19.1. The van der Waals surface area contributed by atoms with Crippen LogP contribution in [0.4, 0.5) is 19.0 Å². The van der Waals surface area contributed by atoms with Crippen LogP contribution in [0, 0.1) is 46.5 Å². The van der Waals surface area contributed by atoms with Crippen molar-refractivity contribution in [3.05, 3.63) is 95.9 Å². The number of para-hydroxylation sites is 1. The van der Waals surface area contributed by atoms with E-state index in [-0.39, 0.29) is 50.9 Å². The molecule has 226 valence electrons. The Morgan fingerprint density at radius 1 is 0.978 bits per heavy atom. The lowest BCUT2D eigenvalue weighted by Gasteiger charge is -2.47. The molecule has 10 heteroatoms.